The summed E-state index contributed by atoms with van der Waals surface area (Å²) in [4.78, 5) is 8.31. The van der Waals surface area contributed by atoms with Crippen LogP contribution in [0.25, 0.3) is 11.3 Å². The van der Waals surface area contributed by atoms with Gasteiger partial charge in [0.05, 0.1) is 19.9 Å². The number of hydrogen-bond acceptors (Lipinski definition) is 5. The molecule has 1 aromatic carbocycles. The van der Waals surface area contributed by atoms with Gasteiger partial charge < -0.3 is 9.47 Å². The van der Waals surface area contributed by atoms with Crippen LogP contribution in [0.2, 0.25) is 0 Å². The van der Waals surface area contributed by atoms with Gasteiger partial charge in [-0.15, -0.1) is 0 Å². The highest BCUT2D eigenvalue weighted by atomic mass is 16.5. The number of nitrogens with zero attached hydrogens (tertiary/aromatic N) is 3. The second kappa shape index (κ2) is 5.57. The molecule has 0 aliphatic rings. The number of benzene rings is 1. The van der Waals surface area contributed by atoms with E-state index < -0.39 is 0 Å². The monoisotopic (exact) mass is 269 g/mol. The van der Waals surface area contributed by atoms with Crippen molar-refractivity contribution in [2.24, 2.45) is 0 Å². The maximum absolute atomic E-state index is 8.99. The molecule has 0 N–H and O–H groups in total. The summed E-state index contributed by atoms with van der Waals surface area (Å²) in [7, 11) is 3.20. The number of rotatable bonds is 3. The van der Waals surface area contributed by atoms with E-state index in [0.717, 1.165) is 22.6 Å². The molecule has 20 heavy (non-hydrogen) atoms. The van der Waals surface area contributed by atoms with E-state index in [1.807, 2.05) is 32.0 Å². The molecule has 5 heteroatoms. The molecule has 102 valence electrons. The van der Waals surface area contributed by atoms with E-state index in [1.165, 1.54) is 0 Å². The molecule has 5 nitrogen and oxygen atoms in total. The molecule has 0 radical (unpaired) electrons. The fourth-order valence-electron chi connectivity index (χ4n) is 2.08. The Labute approximate surface area is 117 Å². The van der Waals surface area contributed by atoms with Gasteiger partial charge in [0.25, 0.3) is 0 Å². The Hall–Kier alpha value is -2.61. The Kier molecular flexibility index (Phi) is 3.85. The molecule has 0 atom stereocenters. The molecular weight excluding hydrogens is 254 g/mol. The molecule has 0 saturated heterocycles. The van der Waals surface area contributed by atoms with Gasteiger partial charge in [0.15, 0.2) is 0 Å². The van der Waals surface area contributed by atoms with Crippen LogP contribution in [0.1, 0.15) is 17.1 Å². The van der Waals surface area contributed by atoms with E-state index in [-0.39, 0.29) is 5.82 Å². The zero-order chi connectivity index (χ0) is 14.7. The molecule has 2 rings (SSSR count). The van der Waals surface area contributed by atoms with Crippen LogP contribution in [-0.2, 0) is 0 Å². The Bertz CT molecular complexity index is 690. The first-order chi connectivity index (χ1) is 9.58. The zero-order valence-electron chi connectivity index (χ0n) is 11.9. The summed E-state index contributed by atoms with van der Waals surface area (Å²) in [5, 5.41) is 8.99. The summed E-state index contributed by atoms with van der Waals surface area (Å²) in [5.41, 5.74) is 3.22. The van der Waals surface area contributed by atoms with E-state index >= 15 is 0 Å². The van der Waals surface area contributed by atoms with Crippen LogP contribution in [0.4, 0.5) is 0 Å². The molecule has 1 aromatic heterocycles. The van der Waals surface area contributed by atoms with Crippen LogP contribution < -0.4 is 9.47 Å². The van der Waals surface area contributed by atoms with E-state index in [2.05, 4.69) is 9.97 Å². The maximum Gasteiger partial charge on any atom is 0.232 e. The normalized spacial score (nSPS) is 9.95. The average Bonchev–Trinajstić information content (AvgIpc) is 2.45. The number of ether oxygens (including phenoxy) is 2. The molecule has 0 aliphatic carbocycles. The molecule has 0 amide bonds. The summed E-state index contributed by atoms with van der Waals surface area (Å²) in [6.45, 7) is 3.78. The van der Waals surface area contributed by atoms with E-state index in [0.29, 0.717) is 11.4 Å². The smallest absolute Gasteiger partial charge is 0.232 e. The Morgan fingerprint density at radius 3 is 2.40 bits per heavy atom. The molecule has 1 heterocycles. The summed E-state index contributed by atoms with van der Waals surface area (Å²) in [5.74, 6) is 1.52. The molecule has 0 fully saturated rings. The van der Waals surface area contributed by atoms with Gasteiger partial charge in [-0.1, -0.05) is 0 Å². The lowest BCUT2D eigenvalue weighted by molar-refractivity contribution is 0.395. The fourth-order valence-corrected chi connectivity index (χ4v) is 2.08. The summed E-state index contributed by atoms with van der Waals surface area (Å²) in [6.07, 6.45) is 0. The summed E-state index contributed by atoms with van der Waals surface area (Å²) >= 11 is 0. The highest BCUT2D eigenvalue weighted by Gasteiger charge is 2.14. The first-order valence-electron chi connectivity index (χ1n) is 6.07. The zero-order valence-corrected chi connectivity index (χ0v) is 11.9. The topological polar surface area (TPSA) is 68.0 Å². The second-order valence-electron chi connectivity index (χ2n) is 4.35. The van der Waals surface area contributed by atoms with Crippen molar-refractivity contribution in [1.29, 1.82) is 5.26 Å². The standard InChI is InChI=1S/C15H15N3O2/c1-9-5-11(19-3)7-13(20-4)15(9)12-6-10(2)17-14(8-16)18-12/h5-7H,1-4H3. The summed E-state index contributed by atoms with van der Waals surface area (Å²) in [6, 6.07) is 7.50. The van der Waals surface area contributed by atoms with Crippen molar-refractivity contribution in [1.82, 2.24) is 9.97 Å². The summed E-state index contributed by atoms with van der Waals surface area (Å²) < 4.78 is 10.6. The van der Waals surface area contributed by atoms with Gasteiger partial charge in [-0.2, -0.15) is 5.26 Å². The van der Waals surface area contributed by atoms with Crippen molar-refractivity contribution in [3.63, 3.8) is 0 Å². The number of aryl methyl sites for hydroxylation is 2. The van der Waals surface area contributed by atoms with E-state index in [4.69, 9.17) is 14.7 Å². The largest absolute Gasteiger partial charge is 0.497 e. The van der Waals surface area contributed by atoms with Crippen molar-refractivity contribution in [3.05, 3.63) is 35.3 Å². The first kappa shape index (κ1) is 13.8. The average molecular weight is 269 g/mol. The van der Waals surface area contributed by atoms with Gasteiger partial charge in [-0.25, -0.2) is 9.97 Å². The van der Waals surface area contributed by atoms with Crippen LogP contribution in [0.15, 0.2) is 18.2 Å². The minimum Gasteiger partial charge on any atom is -0.497 e. The van der Waals surface area contributed by atoms with Gasteiger partial charge >= 0.3 is 0 Å². The van der Waals surface area contributed by atoms with Crippen molar-refractivity contribution < 1.29 is 9.47 Å². The number of methoxy groups -OCH3 is 2. The minimum atomic E-state index is 0.150. The van der Waals surface area contributed by atoms with Crippen LogP contribution in [0.3, 0.4) is 0 Å². The third kappa shape index (κ3) is 2.54. The molecule has 0 bridgehead atoms. The lowest BCUT2D eigenvalue weighted by atomic mass is 10.0. The molecule has 0 saturated carbocycles. The van der Waals surface area contributed by atoms with Crippen molar-refractivity contribution in [2.45, 2.75) is 13.8 Å². The van der Waals surface area contributed by atoms with Crippen molar-refractivity contribution >= 4 is 0 Å². The second-order valence-corrected chi connectivity index (χ2v) is 4.35. The van der Waals surface area contributed by atoms with Crippen molar-refractivity contribution in [3.8, 4) is 28.8 Å². The van der Waals surface area contributed by atoms with E-state index in [9.17, 15) is 0 Å². The Morgan fingerprint density at radius 1 is 1.05 bits per heavy atom. The van der Waals surface area contributed by atoms with Crippen LogP contribution in [0.5, 0.6) is 11.5 Å². The third-order valence-corrected chi connectivity index (χ3v) is 2.94. The number of aromatic nitrogens is 2. The number of nitriles is 1. The molecule has 0 spiro atoms. The number of hydrogen-bond donors (Lipinski definition) is 0. The van der Waals surface area contributed by atoms with Crippen LogP contribution in [0, 0.1) is 25.2 Å². The van der Waals surface area contributed by atoms with Gasteiger partial charge in [-0.3, -0.25) is 0 Å². The van der Waals surface area contributed by atoms with Crippen molar-refractivity contribution in [2.75, 3.05) is 14.2 Å². The highest BCUT2D eigenvalue weighted by Crippen LogP contribution is 2.35. The minimum absolute atomic E-state index is 0.150. The third-order valence-electron chi connectivity index (χ3n) is 2.94. The Morgan fingerprint density at radius 2 is 1.80 bits per heavy atom. The molecule has 0 aliphatic heterocycles. The molecule has 2 aromatic rings. The van der Waals surface area contributed by atoms with E-state index in [1.54, 1.807) is 20.3 Å². The molecule has 0 unspecified atom stereocenters. The van der Waals surface area contributed by atoms with Gasteiger partial charge in [0.1, 0.15) is 17.6 Å². The maximum atomic E-state index is 8.99. The van der Waals surface area contributed by atoms with Gasteiger partial charge in [0.2, 0.25) is 5.82 Å². The van der Waals surface area contributed by atoms with Crippen LogP contribution >= 0.6 is 0 Å². The van der Waals surface area contributed by atoms with Gasteiger partial charge in [-0.05, 0) is 31.5 Å². The molecular formula is C15H15N3O2. The quantitative estimate of drug-likeness (QED) is 0.856. The lowest BCUT2D eigenvalue weighted by Crippen LogP contribution is -1.99. The first-order valence-corrected chi connectivity index (χ1v) is 6.07. The Balaban J connectivity index is 2.69. The van der Waals surface area contributed by atoms with Crippen LogP contribution in [-0.4, -0.2) is 24.2 Å². The lowest BCUT2D eigenvalue weighted by Gasteiger charge is -2.13. The van der Waals surface area contributed by atoms with Gasteiger partial charge in [0, 0.05) is 17.3 Å². The predicted octanol–water partition coefficient (Wildman–Crippen LogP) is 2.65. The SMILES string of the molecule is COc1cc(C)c(-c2cc(C)nc(C#N)n2)c(OC)c1. The fraction of sp³-hybridized carbons (Fsp3) is 0.267. The predicted molar refractivity (Wildman–Crippen MR) is 74.8 cm³/mol. The highest BCUT2D eigenvalue weighted by molar-refractivity contribution is 5.72.